The first-order valence-corrected chi connectivity index (χ1v) is 8.50. The molecule has 0 spiro atoms. The van der Waals surface area contributed by atoms with Crippen LogP contribution in [-0.4, -0.2) is 28.8 Å². The zero-order valence-corrected chi connectivity index (χ0v) is 14.1. The van der Waals surface area contributed by atoms with Gasteiger partial charge in [0.25, 0.3) is 0 Å². The Labute approximate surface area is 135 Å². The van der Waals surface area contributed by atoms with Crippen LogP contribution >= 0.6 is 27.3 Å². The molecule has 5 nitrogen and oxygen atoms in total. The van der Waals surface area contributed by atoms with Crippen LogP contribution < -0.4 is 10.6 Å². The van der Waals surface area contributed by atoms with Crippen molar-refractivity contribution in [3.63, 3.8) is 0 Å². The van der Waals surface area contributed by atoms with Gasteiger partial charge in [-0.25, -0.2) is 0 Å². The Hall–Kier alpha value is -1.18. The summed E-state index contributed by atoms with van der Waals surface area (Å²) in [6, 6.07) is 2.04. The molecule has 3 rings (SSSR count). The number of halogens is 1. The molecule has 0 aromatic carbocycles. The lowest BCUT2D eigenvalue weighted by Crippen LogP contribution is -2.33. The molecule has 3 heterocycles. The molecule has 0 aliphatic carbocycles. The number of hydrogen-bond donors (Lipinski definition) is 2. The molecule has 1 fully saturated rings. The minimum atomic E-state index is -0.0312. The molecule has 2 atom stereocenters. The van der Waals surface area contributed by atoms with E-state index in [2.05, 4.69) is 37.0 Å². The second-order valence-corrected chi connectivity index (χ2v) is 7.59. The molecular weight excluding hydrogens is 352 g/mol. The lowest BCUT2D eigenvalue weighted by molar-refractivity contribution is -0.125. The Balaban J connectivity index is 1.63. The van der Waals surface area contributed by atoms with Crippen LogP contribution in [0, 0.1) is 5.92 Å². The molecule has 7 heteroatoms. The third-order valence-corrected chi connectivity index (χ3v) is 5.35. The molecule has 0 saturated carbocycles. The van der Waals surface area contributed by atoms with Crippen molar-refractivity contribution in [1.29, 1.82) is 0 Å². The third kappa shape index (κ3) is 3.36. The third-order valence-electron chi connectivity index (χ3n) is 3.79. The van der Waals surface area contributed by atoms with Crippen molar-refractivity contribution in [2.24, 2.45) is 13.0 Å². The number of nitrogens with one attached hydrogen (secondary N) is 2. The van der Waals surface area contributed by atoms with Gasteiger partial charge in [0.2, 0.25) is 5.91 Å². The first kappa shape index (κ1) is 14.7. The van der Waals surface area contributed by atoms with Crippen LogP contribution in [0.15, 0.2) is 27.6 Å². The lowest BCUT2D eigenvalue weighted by atomic mass is 9.90. The number of aromatic nitrogens is 2. The van der Waals surface area contributed by atoms with E-state index in [9.17, 15) is 4.79 Å². The lowest BCUT2D eigenvalue weighted by Gasteiger charge is -2.16. The molecule has 1 saturated heterocycles. The Morgan fingerprint density at radius 2 is 2.48 bits per heavy atom. The average Bonchev–Trinajstić information content (AvgIpc) is 3.16. The van der Waals surface area contributed by atoms with E-state index in [1.807, 2.05) is 25.5 Å². The number of thiophene rings is 1. The molecule has 0 bridgehead atoms. The summed E-state index contributed by atoms with van der Waals surface area (Å²) in [5, 5.41) is 12.6. The van der Waals surface area contributed by atoms with Gasteiger partial charge in [-0.2, -0.15) is 5.10 Å². The first-order valence-electron chi connectivity index (χ1n) is 6.83. The second kappa shape index (κ2) is 6.29. The van der Waals surface area contributed by atoms with E-state index in [0.29, 0.717) is 6.54 Å². The predicted molar refractivity (Wildman–Crippen MR) is 86.2 cm³/mol. The maximum Gasteiger partial charge on any atom is 0.225 e. The van der Waals surface area contributed by atoms with E-state index in [-0.39, 0.29) is 17.7 Å². The van der Waals surface area contributed by atoms with E-state index < -0.39 is 0 Å². The van der Waals surface area contributed by atoms with Gasteiger partial charge < -0.3 is 10.6 Å². The number of carbonyl (C=O) groups is 1. The monoisotopic (exact) mass is 368 g/mol. The molecule has 1 amide bonds. The molecule has 1 aliphatic heterocycles. The van der Waals surface area contributed by atoms with Crippen LogP contribution in [0.25, 0.3) is 0 Å². The van der Waals surface area contributed by atoms with Gasteiger partial charge in [0.1, 0.15) is 0 Å². The van der Waals surface area contributed by atoms with E-state index in [1.54, 1.807) is 16.0 Å². The minimum absolute atomic E-state index is 0.0312. The average molecular weight is 369 g/mol. The molecule has 2 aromatic heterocycles. The van der Waals surface area contributed by atoms with Gasteiger partial charge in [-0.1, -0.05) is 0 Å². The molecule has 2 N–H and O–H groups in total. The van der Waals surface area contributed by atoms with Crippen molar-refractivity contribution in [3.05, 3.63) is 38.8 Å². The smallest absolute Gasteiger partial charge is 0.225 e. The number of aryl methyl sites for hydroxylation is 1. The molecule has 21 heavy (non-hydrogen) atoms. The van der Waals surface area contributed by atoms with Gasteiger partial charge in [-0.05, 0) is 38.5 Å². The largest absolute Gasteiger partial charge is 0.352 e. The van der Waals surface area contributed by atoms with Gasteiger partial charge in [0, 0.05) is 38.8 Å². The highest BCUT2D eigenvalue weighted by Gasteiger charge is 2.34. The number of nitrogens with zero attached hydrogens (tertiary/aromatic N) is 2. The van der Waals surface area contributed by atoms with Crippen molar-refractivity contribution < 1.29 is 4.79 Å². The molecular formula is C14H17BrN4OS. The Kier molecular flexibility index (Phi) is 4.42. The summed E-state index contributed by atoms with van der Waals surface area (Å²) in [6.45, 7) is 2.13. The highest BCUT2D eigenvalue weighted by Crippen LogP contribution is 2.28. The topological polar surface area (TPSA) is 59.0 Å². The van der Waals surface area contributed by atoms with E-state index in [1.165, 1.54) is 0 Å². The van der Waals surface area contributed by atoms with Crippen LogP contribution in [0.4, 0.5) is 0 Å². The summed E-state index contributed by atoms with van der Waals surface area (Å²) < 4.78 is 2.87. The minimum Gasteiger partial charge on any atom is -0.352 e. The van der Waals surface area contributed by atoms with Crippen LogP contribution in [0.2, 0.25) is 0 Å². The fourth-order valence-electron chi connectivity index (χ4n) is 2.69. The molecule has 0 radical (unpaired) electrons. The molecule has 112 valence electrons. The van der Waals surface area contributed by atoms with Crippen LogP contribution in [0.5, 0.6) is 0 Å². The summed E-state index contributed by atoms with van der Waals surface area (Å²) in [7, 11) is 1.90. The van der Waals surface area contributed by atoms with E-state index in [4.69, 9.17) is 0 Å². The molecule has 2 aromatic rings. The summed E-state index contributed by atoms with van der Waals surface area (Å²) in [5.74, 6) is 0.278. The number of hydrogen-bond acceptors (Lipinski definition) is 4. The maximum atomic E-state index is 12.4. The Bertz CT molecular complexity index is 638. The van der Waals surface area contributed by atoms with Crippen molar-refractivity contribution in [3.8, 4) is 0 Å². The summed E-state index contributed by atoms with van der Waals surface area (Å²) in [5.41, 5.74) is 2.25. The highest BCUT2D eigenvalue weighted by atomic mass is 79.9. The van der Waals surface area contributed by atoms with Gasteiger partial charge in [-0.3, -0.25) is 9.48 Å². The maximum absolute atomic E-state index is 12.4. The number of rotatable bonds is 4. The van der Waals surface area contributed by atoms with E-state index >= 15 is 0 Å². The SMILES string of the molecule is Cn1cc([C@H]2CNC[C@@H]2C(=O)NCc2csc(Br)c2)cn1. The van der Waals surface area contributed by atoms with Gasteiger partial charge in [-0.15, -0.1) is 11.3 Å². The fraction of sp³-hybridized carbons (Fsp3) is 0.429. The zero-order valence-electron chi connectivity index (χ0n) is 11.7. The standard InChI is InChI=1S/C14H17BrN4OS/c1-19-7-10(4-18-19)11-5-16-6-12(11)14(20)17-3-9-2-13(15)21-8-9/h2,4,7-8,11-12,16H,3,5-6H2,1H3,(H,17,20)/t11-,12+/m1/s1. The van der Waals surface area contributed by atoms with Gasteiger partial charge in [0.05, 0.1) is 15.9 Å². The second-order valence-electron chi connectivity index (χ2n) is 5.30. The summed E-state index contributed by atoms with van der Waals surface area (Å²) in [4.78, 5) is 12.4. The Morgan fingerprint density at radius 1 is 1.62 bits per heavy atom. The highest BCUT2D eigenvalue weighted by molar-refractivity contribution is 9.11. The number of amides is 1. The van der Waals surface area contributed by atoms with Gasteiger partial charge >= 0.3 is 0 Å². The van der Waals surface area contributed by atoms with Crippen molar-refractivity contribution in [2.75, 3.05) is 13.1 Å². The normalized spacial score (nSPS) is 21.6. The predicted octanol–water partition coefficient (Wildman–Crippen LogP) is 1.86. The van der Waals surface area contributed by atoms with Crippen molar-refractivity contribution in [1.82, 2.24) is 20.4 Å². The quantitative estimate of drug-likeness (QED) is 0.865. The van der Waals surface area contributed by atoms with Gasteiger partial charge in [0.15, 0.2) is 0 Å². The van der Waals surface area contributed by atoms with Crippen molar-refractivity contribution >= 4 is 33.2 Å². The van der Waals surface area contributed by atoms with Crippen LogP contribution in [0.3, 0.4) is 0 Å². The molecule has 1 aliphatic rings. The first-order chi connectivity index (χ1) is 10.1. The zero-order chi connectivity index (χ0) is 14.8. The van der Waals surface area contributed by atoms with Crippen LogP contribution in [0.1, 0.15) is 17.0 Å². The summed E-state index contributed by atoms with van der Waals surface area (Å²) in [6.07, 6.45) is 3.85. The summed E-state index contributed by atoms with van der Waals surface area (Å²) >= 11 is 5.06. The van der Waals surface area contributed by atoms with Crippen molar-refractivity contribution in [2.45, 2.75) is 12.5 Å². The van der Waals surface area contributed by atoms with Crippen LogP contribution in [-0.2, 0) is 18.4 Å². The Morgan fingerprint density at radius 3 is 3.14 bits per heavy atom. The number of carbonyl (C=O) groups excluding carboxylic acids is 1. The van der Waals surface area contributed by atoms with E-state index in [0.717, 1.165) is 28.0 Å². The fourth-order valence-corrected chi connectivity index (χ4v) is 3.90. The molecule has 0 unspecified atom stereocenters.